The standard InChI is InChI=1S/C13H13ClN2O/c1-9(15)10-2-4-12(5-3-10)17-13-6-11(14)7-16-8-13/h2-9H,15H2,1H3/t9-/m1/s1. The van der Waals surface area contributed by atoms with Crippen LogP contribution in [0.2, 0.25) is 5.02 Å². The smallest absolute Gasteiger partial charge is 0.147 e. The SMILES string of the molecule is C[C@@H](N)c1ccc(Oc2cncc(Cl)c2)cc1. The van der Waals surface area contributed by atoms with E-state index in [0.29, 0.717) is 10.8 Å². The highest BCUT2D eigenvalue weighted by Gasteiger charge is 2.01. The number of benzene rings is 1. The molecule has 0 aliphatic rings. The molecule has 1 aromatic heterocycles. The van der Waals surface area contributed by atoms with E-state index in [0.717, 1.165) is 11.3 Å². The van der Waals surface area contributed by atoms with Crippen LogP contribution < -0.4 is 10.5 Å². The number of nitrogens with zero attached hydrogens (tertiary/aromatic N) is 1. The average Bonchev–Trinajstić information content (AvgIpc) is 2.29. The molecule has 0 saturated heterocycles. The zero-order valence-corrected chi connectivity index (χ0v) is 10.2. The molecule has 0 bridgehead atoms. The Morgan fingerprint density at radius 1 is 1.18 bits per heavy atom. The van der Waals surface area contributed by atoms with Crippen LogP contribution in [0, 0.1) is 0 Å². The second kappa shape index (κ2) is 5.17. The molecule has 4 heteroatoms. The van der Waals surface area contributed by atoms with Crippen LogP contribution in [-0.2, 0) is 0 Å². The van der Waals surface area contributed by atoms with Crippen molar-refractivity contribution in [3.63, 3.8) is 0 Å². The van der Waals surface area contributed by atoms with Crippen molar-refractivity contribution < 1.29 is 4.74 Å². The van der Waals surface area contributed by atoms with Gasteiger partial charge >= 0.3 is 0 Å². The van der Waals surface area contributed by atoms with Gasteiger partial charge in [-0.05, 0) is 24.6 Å². The van der Waals surface area contributed by atoms with Gasteiger partial charge in [0.05, 0.1) is 11.2 Å². The number of ether oxygens (including phenoxy) is 1. The number of pyridine rings is 1. The Kier molecular flexibility index (Phi) is 3.61. The van der Waals surface area contributed by atoms with Crippen LogP contribution in [0.1, 0.15) is 18.5 Å². The van der Waals surface area contributed by atoms with Crippen molar-refractivity contribution in [2.24, 2.45) is 5.73 Å². The van der Waals surface area contributed by atoms with Gasteiger partial charge < -0.3 is 10.5 Å². The molecule has 0 radical (unpaired) electrons. The fraction of sp³-hybridized carbons (Fsp3) is 0.154. The number of hydrogen-bond acceptors (Lipinski definition) is 3. The van der Waals surface area contributed by atoms with Gasteiger partial charge in [0.15, 0.2) is 0 Å². The van der Waals surface area contributed by atoms with Crippen molar-refractivity contribution in [3.8, 4) is 11.5 Å². The summed E-state index contributed by atoms with van der Waals surface area (Å²) in [4.78, 5) is 3.95. The molecule has 1 aromatic carbocycles. The van der Waals surface area contributed by atoms with Crippen LogP contribution in [0.25, 0.3) is 0 Å². The molecule has 3 nitrogen and oxygen atoms in total. The number of hydrogen-bond donors (Lipinski definition) is 1. The van der Waals surface area contributed by atoms with E-state index in [2.05, 4.69) is 4.98 Å². The van der Waals surface area contributed by atoms with E-state index in [1.807, 2.05) is 31.2 Å². The van der Waals surface area contributed by atoms with Crippen molar-refractivity contribution in [1.29, 1.82) is 0 Å². The predicted molar refractivity (Wildman–Crippen MR) is 68.4 cm³/mol. The Balaban J connectivity index is 2.14. The summed E-state index contributed by atoms with van der Waals surface area (Å²) in [6.07, 6.45) is 3.18. The lowest BCUT2D eigenvalue weighted by Gasteiger charge is -2.08. The van der Waals surface area contributed by atoms with Crippen LogP contribution >= 0.6 is 11.6 Å². The zero-order chi connectivity index (χ0) is 12.3. The van der Waals surface area contributed by atoms with E-state index in [9.17, 15) is 0 Å². The molecule has 2 rings (SSSR count). The van der Waals surface area contributed by atoms with Gasteiger partial charge in [0.1, 0.15) is 11.5 Å². The molecule has 17 heavy (non-hydrogen) atoms. The van der Waals surface area contributed by atoms with E-state index in [-0.39, 0.29) is 6.04 Å². The van der Waals surface area contributed by atoms with Crippen molar-refractivity contribution in [1.82, 2.24) is 4.98 Å². The molecule has 0 spiro atoms. The third-order valence-corrected chi connectivity index (χ3v) is 2.53. The van der Waals surface area contributed by atoms with Crippen LogP contribution in [0.15, 0.2) is 42.7 Å². The number of rotatable bonds is 3. The van der Waals surface area contributed by atoms with Crippen molar-refractivity contribution in [2.45, 2.75) is 13.0 Å². The lowest BCUT2D eigenvalue weighted by Crippen LogP contribution is -2.04. The highest BCUT2D eigenvalue weighted by atomic mass is 35.5. The number of halogens is 1. The van der Waals surface area contributed by atoms with Crippen molar-refractivity contribution >= 4 is 11.6 Å². The van der Waals surface area contributed by atoms with Crippen molar-refractivity contribution in [2.75, 3.05) is 0 Å². The monoisotopic (exact) mass is 248 g/mol. The molecule has 1 heterocycles. The van der Waals surface area contributed by atoms with Gasteiger partial charge in [0.2, 0.25) is 0 Å². The van der Waals surface area contributed by atoms with Crippen LogP contribution in [0.5, 0.6) is 11.5 Å². The average molecular weight is 249 g/mol. The fourth-order valence-corrected chi connectivity index (χ4v) is 1.59. The molecule has 0 unspecified atom stereocenters. The quantitative estimate of drug-likeness (QED) is 0.904. The Hall–Kier alpha value is -1.58. The molecule has 0 amide bonds. The molecule has 2 aromatic rings. The fourth-order valence-electron chi connectivity index (χ4n) is 1.42. The first-order valence-corrected chi connectivity index (χ1v) is 5.67. The topological polar surface area (TPSA) is 48.1 Å². The third-order valence-electron chi connectivity index (χ3n) is 2.32. The van der Waals surface area contributed by atoms with Crippen LogP contribution in [-0.4, -0.2) is 4.98 Å². The molecule has 0 fully saturated rings. The molecule has 0 aliphatic carbocycles. The normalized spacial score (nSPS) is 12.2. The largest absolute Gasteiger partial charge is 0.456 e. The van der Waals surface area contributed by atoms with Crippen molar-refractivity contribution in [3.05, 3.63) is 53.3 Å². The van der Waals surface area contributed by atoms with E-state index in [4.69, 9.17) is 22.1 Å². The summed E-state index contributed by atoms with van der Waals surface area (Å²) in [6.45, 7) is 1.94. The lowest BCUT2D eigenvalue weighted by atomic mass is 10.1. The van der Waals surface area contributed by atoms with Gasteiger partial charge in [-0.1, -0.05) is 23.7 Å². The Morgan fingerprint density at radius 2 is 1.88 bits per heavy atom. The number of aromatic nitrogens is 1. The minimum absolute atomic E-state index is 0.0249. The Bertz CT molecular complexity index is 497. The summed E-state index contributed by atoms with van der Waals surface area (Å²) in [5, 5.41) is 0.551. The maximum Gasteiger partial charge on any atom is 0.147 e. The summed E-state index contributed by atoms with van der Waals surface area (Å²) in [6, 6.07) is 9.38. The summed E-state index contributed by atoms with van der Waals surface area (Å²) in [5.74, 6) is 1.35. The van der Waals surface area contributed by atoms with Gasteiger partial charge in [-0.2, -0.15) is 0 Å². The Morgan fingerprint density at radius 3 is 2.47 bits per heavy atom. The third kappa shape index (κ3) is 3.19. The van der Waals surface area contributed by atoms with Gasteiger partial charge in [0.25, 0.3) is 0 Å². The van der Waals surface area contributed by atoms with Gasteiger partial charge in [0, 0.05) is 18.3 Å². The highest BCUT2D eigenvalue weighted by Crippen LogP contribution is 2.24. The van der Waals surface area contributed by atoms with E-state index >= 15 is 0 Å². The van der Waals surface area contributed by atoms with Gasteiger partial charge in [-0.15, -0.1) is 0 Å². The van der Waals surface area contributed by atoms with E-state index < -0.39 is 0 Å². The lowest BCUT2D eigenvalue weighted by molar-refractivity contribution is 0.480. The summed E-state index contributed by atoms with van der Waals surface area (Å²) < 4.78 is 5.61. The van der Waals surface area contributed by atoms with E-state index in [1.165, 1.54) is 0 Å². The molecular weight excluding hydrogens is 236 g/mol. The van der Waals surface area contributed by atoms with E-state index in [1.54, 1.807) is 18.5 Å². The predicted octanol–water partition coefficient (Wildman–Crippen LogP) is 3.55. The summed E-state index contributed by atoms with van der Waals surface area (Å²) in [5.41, 5.74) is 6.84. The maximum absolute atomic E-state index is 5.82. The molecule has 0 saturated carbocycles. The first-order valence-electron chi connectivity index (χ1n) is 5.29. The Labute approximate surface area is 105 Å². The maximum atomic E-state index is 5.82. The molecule has 0 aliphatic heterocycles. The molecule has 1 atom stereocenters. The minimum Gasteiger partial charge on any atom is -0.456 e. The highest BCUT2D eigenvalue weighted by molar-refractivity contribution is 6.30. The first kappa shape index (κ1) is 11.9. The second-order valence-corrected chi connectivity index (χ2v) is 4.24. The first-order chi connectivity index (χ1) is 8.15. The van der Waals surface area contributed by atoms with Gasteiger partial charge in [-0.25, -0.2) is 0 Å². The minimum atomic E-state index is 0.0249. The second-order valence-electron chi connectivity index (χ2n) is 3.80. The molecule has 88 valence electrons. The van der Waals surface area contributed by atoms with Gasteiger partial charge in [-0.3, -0.25) is 4.98 Å². The number of nitrogens with two attached hydrogens (primary N) is 1. The summed E-state index contributed by atoms with van der Waals surface area (Å²) >= 11 is 5.82. The summed E-state index contributed by atoms with van der Waals surface area (Å²) in [7, 11) is 0. The zero-order valence-electron chi connectivity index (χ0n) is 9.43. The van der Waals surface area contributed by atoms with Crippen LogP contribution in [0.4, 0.5) is 0 Å². The molecular formula is C13H13ClN2O. The van der Waals surface area contributed by atoms with Crippen LogP contribution in [0.3, 0.4) is 0 Å². The molecule has 2 N–H and O–H groups in total.